The topological polar surface area (TPSA) is 12.0 Å². The van der Waals surface area contributed by atoms with E-state index in [4.69, 9.17) is 0 Å². The summed E-state index contributed by atoms with van der Waals surface area (Å²) in [6.07, 6.45) is 0.934. The number of hydrogen-bond donors (Lipinski definition) is 1. The van der Waals surface area contributed by atoms with E-state index in [-0.39, 0.29) is 0 Å². The number of nitrogens with one attached hydrogen (secondary N) is 1. The minimum atomic E-state index is 0.439. The average Bonchev–Trinajstić information content (AvgIpc) is 2.52. The van der Waals surface area contributed by atoms with E-state index in [0.29, 0.717) is 6.04 Å². The molecule has 0 spiro atoms. The van der Waals surface area contributed by atoms with Crippen LogP contribution in [0.5, 0.6) is 0 Å². The Labute approximate surface area is 96.9 Å². The second-order valence-electron chi connectivity index (χ2n) is 3.72. The van der Waals surface area contributed by atoms with Crippen molar-refractivity contribution in [2.75, 3.05) is 6.54 Å². The first kappa shape index (κ1) is 12.3. The Balaban J connectivity index is 2.48. The van der Waals surface area contributed by atoms with Crippen LogP contribution in [-0.4, -0.2) is 6.54 Å². The van der Waals surface area contributed by atoms with Gasteiger partial charge in [-0.1, -0.05) is 0 Å². The van der Waals surface area contributed by atoms with Gasteiger partial charge in [0.25, 0.3) is 0 Å². The van der Waals surface area contributed by atoms with Crippen LogP contribution in [-0.2, 0) is 0 Å². The zero-order chi connectivity index (χ0) is 11.3. The van der Waals surface area contributed by atoms with Crippen molar-refractivity contribution in [1.29, 1.82) is 0 Å². The SMILES string of the molecule is CC#CCCNC(C)c1cc(C)sc1C. The van der Waals surface area contributed by atoms with Crippen LogP contribution >= 0.6 is 11.3 Å². The van der Waals surface area contributed by atoms with Crippen molar-refractivity contribution in [3.8, 4) is 11.8 Å². The van der Waals surface area contributed by atoms with E-state index in [2.05, 4.69) is 44.0 Å². The number of aryl methyl sites for hydroxylation is 2. The molecule has 1 rings (SSSR count). The van der Waals surface area contributed by atoms with Crippen LogP contribution in [0.1, 0.15) is 41.6 Å². The molecule has 1 unspecified atom stereocenters. The minimum Gasteiger partial charge on any atom is -0.309 e. The van der Waals surface area contributed by atoms with Gasteiger partial charge in [0.1, 0.15) is 0 Å². The van der Waals surface area contributed by atoms with Crippen molar-refractivity contribution in [1.82, 2.24) is 5.32 Å². The van der Waals surface area contributed by atoms with E-state index in [0.717, 1.165) is 13.0 Å². The standard InChI is InChI=1S/C13H19NS/c1-5-6-7-8-14-11(3)13-9-10(2)15-12(13)4/h9,11,14H,7-8H2,1-4H3. The Morgan fingerprint density at radius 1 is 1.47 bits per heavy atom. The summed E-state index contributed by atoms with van der Waals surface area (Å²) in [6, 6.07) is 2.72. The molecule has 0 aliphatic rings. The third kappa shape index (κ3) is 3.70. The van der Waals surface area contributed by atoms with E-state index in [1.54, 1.807) is 0 Å². The van der Waals surface area contributed by atoms with E-state index < -0.39 is 0 Å². The second-order valence-corrected chi connectivity index (χ2v) is 5.18. The number of rotatable bonds is 4. The van der Waals surface area contributed by atoms with E-state index in [1.807, 2.05) is 18.3 Å². The van der Waals surface area contributed by atoms with Gasteiger partial charge >= 0.3 is 0 Å². The lowest BCUT2D eigenvalue weighted by Crippen LogP contribution is -2.19. The molecule has 0 aliphatic carbocycles. The monoisotopic (exact) mass is 221 g/mol. The molecule has 0 saturated carbocycles. The van der Waals surface area contributed by atoms with Crippen LogP contribution in [0.4, 0.5) is 0 Å². The summed E-state index contributed by atoms with van der Waals surface area (Å²) >= 11 is 1.87. The zero-order valence-corrected chi connectivity index (χ0v) is 10.8. The molecule has 1 aromatic rings. The van der Waals surface area contributed by atoms with Gasteiger partial charge in [-0.3, -0.25) is 0 Å². The van der Waals surface area contributed by atoms with Gasteiger partial charge in [0.05, 0.1) is 0 Å². The maximum atomic E-state index is 3.49. The highest BCUT2D eigenvalue weighted by atomic mass is 32.1. The lowest BCUT2D eigenvalue weighted by atomic mass is 10.1. The second kappa shape index (κ2) is 5.95. The fourth-order valence-corrected chi connectivity index (χ4v) is 2.69. The van der Waals surface area contributed by atoms with Gasteiger partial charge in [-0.2, -0.15) is 0 Å². The lowest BCUT2D eigenvalue weighted by Gasteiger charge is -2.12. The van der Waals surface area contributed by atoms with Crippen LogP contribution in [0.3, 0.4) is 0 Å². The van der Waals surface area contributed by atoms with E-state index in [1.165, 1.54) is 15.3 Å². The number of hydrogen-bond acceptors (Lipinski definition) is 2. The summed E-state index contributed by atoms with van der Waals surface area (Å²) in [5.74, 6) is 5.97. The lowest BCUT2D eigenvalue weighted by molar-refractivity contribution is 0.583. The normalized spacial score (nSPS) is 12.0. The molecule has 0 bridgehead atoms. The Morgan fingerprint density at radius 3 is 2.73 bits per heavy atom. The first-order valence-electron chi connectivity index (χ1n) is 5.35. The van der Waals surface area contributed by atoms with Crippen LogP contribution in [0.2, 0.25) is 0 Å². The molecule has 1 heterocycles. The first-order valence-corrected chi connectivity index (χ1v) is 6.16. The average molecular weight is 221 g/mol. The van der Waals surface area contributed by atoms with Gasteiger partial charge in [-0.05, 0) is 39.3 Å². The van der Waals surface area contributed by atoms with Crippen molar-refractivity contribution < 1.29 is 0 Å². The van der Waals surface area contributed by atoms with Gasteiger partial charge in [-0.25, -0.2) is 0 Å². The van der Waals surface area contributed by atoms with Crippen molar-refractivity contribution in [3.63, 3.8) is 0 Å². The molecule has 1 N–H and O–H groups in total. The smallest absolute Gasteiger partial charge is 0.0303 e. The predicted octanol–water partition coefficient (Wildman–Crippen LogP) is 3.43. The predicted molar refractivity (Wildman–Crippen MR) is 68.3 cm³/mol. The van der Waals surface area contributed by atoms with E-state index >= 15 is 0 Å². The van der Waals surface area contributed by atoms with Gasteiger partial charge in [0.15, 0.2) is 0 Å². The molecule has 15 heavy (non-hydrogen) atoms. The quantitative estimate of drug-likeness (QED) is 0.607. The summed E-state index contributed by atoms with van der Waals surface area (Å²) in [5.41, 5.74) is 1.43. The maximum Gasteiger partial charge on any atom is 0.0303 e. The molecule has 1 aromatic heterocycles. The molecule has 82 valence electrons. The molecule has 0 saturated heterocycles. The van der Waals surface area contributed by atoms with Crippen molar-refractivity contribution in [2.45, 2.75) is 40.2 Å². The summed E-state index contributed by atoms with van der Waals surface area (Å²) in [4.78, 5) is 2.82. The van der Waals surface area contributed by atoms with Gasteiger partial charge in [-0.15, -0.1) is 23.2 Å². The molecule has 0 radical (unpaired) electrons. The van der Waals surface area contributed by atoms with Crippen molar-refractivity contribution in [2.24, 2.45) is 0 Å². The summed E-state index contributed by atoms with van der Waals surface area (Å²) in [7, 11) is 0. The molecule has 2 heteroatoms. The number of thiophene rings is 1. The van der Waals surface area contributed by atoms with Crippen LogP contribution in [0.25, 0.3) is 0 Å². The molecular weight excluding hydrogens is 202 g/mol. The fraction of sp³-hybridized carbons (Fsp3) is 0.538. The molecule has 0 amide bonds. The summed E-state index contributed by atoms with van der Waals surface area (Å²) in [5, 5.41) is 3.49. The highest BCUT2D eigenvalue weighted by Crippen LogP contribution is 2.25. The summed E-state index contributed by atoms with van der Waals surface area (Å²) < 4.78 is 0. The molecule has 0 aliphatic heterocycles. The van der Waals surface area contributed by atoms with Crippen molar-refractivity contribution >= 4 is 11.3 Å². The van der Waals surface area contributed by atoms with Crippen LogP contribution < -0.4 is 5.32 Å². The molecule has 1 nitrogen and oxygen atoms in total. The maximum absolute atomic E-state index is 3.49. The zero-order valence-electron chi connectivity index (χ0n) is 9.98. The Kier molecular flexibility index (Phi) is 4.87. The third-order valence-electron chi connectivity index (χ3n) is 2.42. The molecule has 0 fully saturated rings. The van der Waals surface area contributed by atoms with Gasteiger partial charge in [0, 0.05) is 28.8 Å². The van der Waals surface area contributed by atoms with Gasteiger partial charge < -0.3 is 5.32 Å². The minimum absolute atomic E-state index is 0.439. The highest BCUT2D eigenvalue weighted by molar-refractivity contribution is 7.12. The molecule has 1 atom stereocenters. The third-order valence-corrected chi connectivity index (χ3v) is 3.40. The largest absolute Gasteiger partial charge is 0.309 e. The van der Waals surface area contributed by atoms with E-state index in [9.17, 15) is 0 Å². The Bertz CT molecular complexity index is 368. The van der Waals surface area contributed by atoms with Crippen LogP contribution in [0, 0.1) is 25.7 Å². The summed E-state index contributed by atoms with van der Waals surface area (Å²) in [6.45, 7) is 9.42. The molecule has 0 aromatic carbocycles. The highest BCUT2D eigenvalue weighted by Gasteiger charge is 2.09. The fourth-order valence-electron chi connectivity index (χ4n) is 1.67. The Hall–Kier alpha value is -0.780. The van der Waals surface area contributed by atoms with Crippen molar-refractivity contribution in [3.05, 3.63) is 21.4 Å². The van der Waals surface area contributed by atoms with Gasteiger partial charge in [0.2, 0.25) is 0 Å². The van der Waals surface area contributed by atoms with Crippen LogP contribution in [0.15, 0.2) is 6.07 Å². The first-order chi connectivity index (χ1) is 7.15. The molecular formula is C13H19NS. The Morgan fingerprint density at radius 2 is 2.20 bits per heavy atom.